The molecule has 176 valence electrons. The predicted molar refractivity (Wildman–Crippen MR) is 116 cm³/mol. The van der Waals surface area contributed by atoms with E-state index in [4.69, 9.17) is 0 Å². The molecule has 10 nitrogen and oxygen atoms in total. The number of hydrogen-bond acceptors (Lipinski definition) is 7. The first-order valence-corrected chi connectivity index (χ1v) is 10.5. The van der Waals surface area contributed by atoms with E-state index in [1.54, 1.807) is 6.92 Å². The average Bonchev–Trinajstić information content (AvgIpc) is 3.41. The number of carbonyl (C=O) groups excluding carboxylic acids is 2. The van der Waals surface area contributed by atoms with E-state index in [-0.39, 0.29) is 23.3 Å². The highest BCUT2D eigenvalue weighted by atomic mass is 19.4. The summed E-state index contributed by atoms with van der Waals surface area (Å²) in [5.41, 5.74) is 0.0529. The number of amides is 3. The Kier molecular flexibility index (Phi) is 5.10. The first kappa shape index (κ1) is 21.7. The van der Waals surface area contributed by atoms with Crippen molar-refractivity contribution in [1.29, 1.82) is 0 Å². The van der Waals surface area contributed by atoms with E-state index in [1.165, 1.54) is 35.0 Å². The molecule has 3 amide bonds. The third-order valence-corrected chi connectivity index (χ3v) is 5.40. The zero-order valence-corrected chi connectivity index (χ0v) is 17.8. The molecule has 13 heteroatoms. The molecule has 1 saturated heterocycles. The van der Waals surface area contributed by atoms with Crippen LogP contribution in [-0.4, -0.2) is 37.6 Å². The van der Waals surface area contributed by atoms with Gasteiger partial charge in [0.15, 0.2) is 5.65 Å². The number of hydrogen-bond donors (Lipinski definition) is 4. The van der Waals surface area contributed by atoms with E-state index < -0.39 is 29.7 Å². The summed E-state index contributed by atoms with van der Waals surface area (Å²) in [6.45, 7) is 1.59. The summed E-state index contributed by atoms with van der Waals surface area (Å²) in [5.74, 6) is -0.151. The summed E-state index contributed by atoms with van der Waals surface area (Å²) in [6, 6.07) is 4.10. The third kappa shape index (κ3) is 4.23. The lowest BCUT2D eigenvalue weighted by molar-refractivity contribution is -0.138. The number of anilines is 2. The summed E-state index contributed by atoms with van der Waals surface area (Å²) in [6.07, 6.45) is 0.275. The molecule has 2 aromatic heterocycles. The number of nitrogens with one attached hydrogen (secondary N) is 4. The Balaban J connectivity index is 1.53. The number of halogens is 3. The molecular weight excluding hydrogens is 453 g/mol. The highest BCUT2D eigenvalue weighted by Gasteiger charge is 2.34. The second kappa shape index (κ2) is 8.01. The number of aromatic nitrogens is 4. The summed E-state index contributed by atoms with van der Waals surface area (Å²) in [5, 5.41) is 15.0. The van der Waals surface area contributed by atoms with Gasteiger partial charge in [0.2, 0.25) is 11.9 Å². The Morgan fingerprint density at radius 1 is 1.18 bits per heavy atom. The first-order chi connectivity index (χ1) is 16.2. The van der Waals surface area contributed by atoms with E-state index in [2.05, 4.69) is 36.3 Å². The second-order valence-electron chi connectivity index (χ2n) is 8.04. The molecule has 0 unspecified atom stereocenters. The minimum absolute atomic E-state index is 0.0252. The minimum atomic E-state index is -4.51. The summed E-state index contributed by atoms with van der Waals surface area (Å²) in [7, 11) is 0. The van der Waals surface area contributed by atoms with E-state index >= 15 is 0 Å². The third-order valence-electron chi connectivity index (χ3n) is 5.40. The van der Waals surface area contributed by atoms with Crippen molar-refractivity contribution < 1.29 is 22.8 Å². The lowest BCUT2D eigenvalue weighted by atomic mass is 10.0. The molecule has 0 bridgehead atoms. The van der Waals surface area contributed by atoms with Gasteiger partial charge >= 0.3 is 12.2 Å². The molecule has 3 heterocycles. The smallest absolute Gasteiger partial charge is 0.351 e. The van der Waals surface area contributed by atoms with Crippen LogP contribution in [0.5, 0.6) is 0 Å². The van der Waals surface area contributed by atoms with Gasteiger partial charge in [-0.1, -0.05) is 18.2 Å². The van der Waals surface area contributed by atoms with Gasteiger partial charge in [-0.05, 0) is 37.5 Å². The normalized spacial score (nSPS) is 18.2. The van der Waals surface area contributed by atoms with Gasteiger partial charge in [-0.2, -0.15) is 32.8 Å². The van der Waals surface area contributed by atoms with Crippen molar-refractivity contribution in [2.24, 2.45) is 0 Å². The monoisotopic (exact) mass is 472 g/mol. The van der Waals surface area contributed by atoms with Gasteiger partial charge in [-0.25, -0.2) is 4.79 Å². The number of carbonyl (C=O) groups is 2. The molecular formula is C21H19F3N8O2. The minimum Gasteiger partial charge on any atom is -0.351 e. The average molecular weight is 472 g/mol. The van der Waals surface area contributed by atoms with Crippen molar-refractivity contribution in [1.82, 2.24) is 30.2 Å². The lowest BCUT2D eigenvalue weighted by Gasteiger charge is -2.20. The SMILES string of the molecule is C[C@@H](Nc1nc(NC2CC2)n2ncc(/C=C3\NC(=O)NC3=O)c2n1)c1ccccc1C(F)(F)F. The summed E-state index contributed by atoms with van der Waals surface area (Å²) in [4.78, 5) is 32.2. The Morgan fingerprint density at radius 3 is 2.62 bits per heavy atom. The van der Waals surface area contributed by atoms with Gasteiger partial charge in [-0.15, -0.1) is 0 Å². The molecule has 1 aliphatic carbocycles. The number of urea groups is 1. The first-order valence-electron chi connectivity index (χ1n) is 10.5. The van der Waals surface area contributed by atoms with E-state index in [9.17, 15) is 22.8 Å². The van der Waals surface area contributed by atoms with E-state index in [1.807, 2.05) is 0 Å². The molecule has 3 aromatic rings. The fourth-order valence-electron chi connectivity index (χ4n) is 3.61. The summed E-state index contributed by atoms with van der Waals surface area (Å²) < 4.78 is 41.9. The van der Waals surface area contributed by atoms with Gasteiger partial charge in [0.1, 0.15) is 5.70 Å². The highest BCUT2D eigenvalue weighted by Crippen LogP contribution is 2.35. The molecule has 1 atom stereocenters. The van der Waals surface area contributed by atoms with Gasteiger partial charge in [0, 0.05) is 11.6 Å². The van der Waals surface area contributed by atoms with Gasteiger partial charge in [0.25, 0.3) is 5.91 Å². The van der Waals surface area contributed by atoms with Crippen LogP contribution >= 0.6 is 0 Å². The molecule has 4 N–H and O–H groups in total. The van der Waals surface area contributed by atoms with Crippen molar-refractivity contribution in [2.75, 3.05) is 10.6 Å². The molecule has 0 radical (unpaired) electrons. The number of imide groups is 1. The van der Waals surface area contributed by atoms with Crippen LogP contribution in [0.4, 0.5) is 29.9 Å². The number of rotatable bonds is 6. The van der Waals surface area contributed by atoms with E-state index in [0.717, 1.165) is 18.9 Å². The molecule has 0 spiro atoms. The van der Waals surface area contributed by atoms with Crippen LogP contribution in [0.2, 0.25) is 0 Å². The Hall–Kier alpha value is -4.16. The molecule has 2 fully saturated rings. The topological polar surface area (TPSA) is 125 Å². The van der Waals surface area contributed by atoms with Crippen LogP contribution in [0.1, 0.15) is 42.5 Å². The summed E-state index contributed by atoms with van der Waals surface area (Å²) >= 11 is 0. The molecule has 2 aliphatic rings. The number of nitrogens with zero attached hydrogens (tertiary/aromatic N) is 4. The van der Waals surface area contributed by atoms with Gasteiger partial charge in [0.05, 0.1) is 17.8 Å². The van der Waals surface area contributed by atoms with Gasteiger partial charge < -0.3 is 16.0 Å². The second-order valence-corrected chi connectivity index (χ2v) is 8.04. The van der Waals surface area contributed by atoms with Crippen molar-refractivity contribution in [3.8, 4) is 0 Å². The zero-order valence-electron chi connectivity index (χ0n) is 17.8. The molecule has 1 saturated carbocycles. The van der Waals surface area contributed by atoms with Crippen molar-refractivity contribution in [3.05, 3.63) is 52.8 Å². The fourth-order valence-corrected chi connectivity index (χ4v) is 3.61. The van der Waals surface area contributed by atoms with Crippen molar-refractivity contribution in [2.45, 2.75) is 38.0 Å². The fraction of sp³-hybridized carbons (Fsp3) is 0.286. The number of benzene rings is 1. The van der Waals surface area contributed by atoms with Crippen LogP contribution in [0.3, 0.4) is 0 Å². The van der Waals surface area contributed by atoms with Crippen molar-refractivity contribution in [3.63, 3.8) is 0 Å². The molecule has 1 aromatic carbocycles. The largest absolute Gasteiger partial charge is 0.416 e. The van der Waals surface area contributed by atoms with Crippen LogP contribution in [0.15, 0.2) is 36.2 Å². The van der Waals surface area contributed by atoms with Crippen LogP contribution in [-0.2, 0) is 11.0 Å². The van der Waals surface area contributed by atoms with Crippen LogP contribution < -0.4 is 21.3 Å². The molecule has 1 aliphatic heterocycles. The maximum atomic E-state index is 13.5. The Bertz CT molecular complexity index is 1330. The Labute approximate surface area is 190 Å². The van der Waals surface area contributed by atoms with E-state index in [0.29, 0.717) is 17.2 Å². The zero-order chi connectivity index (χ0) is 24.0. The van der Waals surface area contributed by atoms with Crippen molar-refractivity contribution >= 4 is 35.6 Å². The maximum absolute atomic E-state index is 13.5. The van der Waals surface area contributed by atoms with Gasteiger partial charge in [-0.3, -0.25) is 10.1 Å². The van der Waals surface area contributed by atoms with Crippen LogP contribution in [0.25, 0.3) is 11.7 Å². The quantitative estimate of drug-likeness (QED) is 0.321. The number of alkyl halides is 3. The molecule has 34 heavy (non-hydrogen) atoms. The van der Waals surface area contributed by atoms with Crippen LogP contribution in [0, 0.1) is 0 Å². The highest BCUT2D eigenvalue weighted by molar-refractivity contribution is 6.14. The Morgan fingerprint density at radius 2 is 1.94 bits per heavy atom. The lowest BCUT2D eigenvalue weighted by Crippen LogP contribution is -2.22. The predicted octanol–water partition coefficient (Wildman–Crippen LogP) is 3.07. The standard InChI is InChI=1S/C21H19F3N8O2/c1-10(13-4-2-3-5-14(13)21(22,23)24)26-18-29-16-11(8-15-17(33)30-20(34)28-15)9-25-32(16)19(31-18)27-12-6-7-12/h2-5,8-10,12H,6-7H2,1H3,(H2,26,27,29,31)(H2,28,30,33,34)/b15-8-/t10-/m1/s1. The maximum Gasteiger partial charge on any atom is 0.416 e. The number of fused-ring (bicyclic) bond motifs is 1. The molecule has 5 rings (SSSR count).